The van der Waals surface area contributed by atoms with Gasteiger partial charge in [0.25, 0.3) is 0 Å². The minimum atomic E-state index is -0.324. The van der Waals surface area contributed by atoms with E-state index >= 15 is 0 Å². The van der Waals surface area contributed by atoms with Gasteiger partial charge < -0.3 is 15.5 Å². The number of primary amides is 1. The smallest absolute Gasteiger partial charge is 0.315 e. The van der Waals surface area contributed by atoms with E-state index in [-0.39, 0.29) is 11.6 Å². The Hall–Kier alpha value is -0.770. The van der Waals surface area contributed by atoms with Gasteiger partial charge in [-0.3, -0.25) is 0 Å². The number of carbonyl (C=O) groups is 1. The van der Waals surface area contributed by atoms with Crippen LogP contribution in [0.2, 0.25) is 0 Å². The molecule has 0 aliphatic carbocycles. The second-order valence-electron chi connectivity index (χ2n) is 6.52. The van der Waals surface area contributed by atoms with Crippen molar-refractivity contribution >= 4 is 6.03 Å². The van der Waals surface area contributed by atoms with E-state index in [0.717, 1.165) is 26.1 Å². The minimum absolute atomic E-state index is 0.221. The lowest BCUT2D eigenvalue weighted by atomic mass is 9.99. The zero-order valence-electron chi connectivity index (χ0n) is 14.4. The summed E-state index contributed by atoms with van der Waals surface area (Å²) in [5, 5.41) is 0. The van der Waals surface area contributed by atoms with Gasteiger partial charge in [0.1, 0.15) is 0 Å². The zero-order chi connectivity index (χ0) is 15.8. The number of nitrogens with zero attached hydrogens (tertiary/aromatic N) is 2. The van der Waals surface area contributed by atoms with Crippen LogP contribution in [0.3, 0.4) is 0 Å². The van der Waals surface area contributed by atoms with Gasteiger partial charge in [-0.05, 0) is 46.1 Å². The summed E-state index contributed by atoms with van der Waals surface area (Å²) in [5.41, 5.74) is 5.28. The van der Waals surface area contributed by atoms with Crippen molar-refractivity contribution in [1.82, 2.24) is 9.80 Å². The van der Waals surface area contributed by atoms with Crippen molar-refractivity contribution in [3.63, 3.8) is 0 Å². The van der Waals surface area contributed by atoms with Crippen LogP contribution in [0.4, 0.5) is 4.79 Å². The van der Waals surface area contributed by atoms with Crippen LogP contribution in [0, 0.1) is 5.92 Å². The van der Waals surface area contributed by atoms with E-state index in [9.17, 15) is 4.79 Å². The van der Waals surface area contributed by atoms with E-state index in [4.69, 9.17) is 5.73 Å². The van der Waals surface area contributed by atoms with Crippen LogP contribution in [0.25, 0.3) is 0 Å². The molecule has 4 heteroatoms. The average molecular weight is 285 g/mol. The van der Waals surface area contributed by atoms with E-state index in [1.54, 1.807) is 4.90 Å². The van der Waals surface area contributed by atoms with Crippen LogP contribution in [0.5, 0.6) is 0 Å². The second-order valence-corrected chi connectivity index (χ2v) is 6.52. The molecular formula is C16H35N3O. The van der Waals surface area contributed by atoms with Gasteiger partial charge in [0, 0.05) is 19.6 Å². The molecule has 120 valence electrons. The summed E-state index contributed by atoms with van der Waals surface area (Å²) < 4.78 is 0. The van der Waals surface area contributed by atoms with Crippen LogP contribution >= 0.6 is 0 Å². The number of likely N-dealkylation sites (N-methyl/N-ethyl adjacent to an activating group) is 1. The second kappa shape index (κ2) is 9.22. The predicted octanol–water partition coefficient (Wildman–Crippen LogP) is 3.31. The Bertz CT molecular complexity index is 279. The molecule has 1 atom stereocenters. The molecule has 0 aliphatic heterocycles. The number of hydrogen-bond donors (Lipinski definition) is 1. The monoisotopic (exact) mass is 285 g/mol. The topological polar surface area (TPSA) is 49.6 Å². The standard InChI is InChI=1S/C16H35N3O/c1-7-10-14(4)12-18(11-8-2)13-16(5,6)19(9-3)15(17)20/h14H,7-13H2,1-6H3,(H2,17,20). The maximum absolute atomic E-state index is 11.6. The number of amides is 2. The van der Waals surface area contributed by atoms with Gasteiger partial charge in [-0.1, -0.05) is 27.2 Å². The Morgan fingerprint density at radius 1 is 1.20 bits per heavy atom. The van der Waals surface area contributed by atoms with Crippen molar-refractivity contribution in [2.24, 2.45) is 11.7 Å². The lowest BCUT2D eigenvalue weighted by Crippen LogP contribution is -2.56. The van der Waals surface area contributed by atoms with Crippen molar-refractivity contribution in [1.29, 1.82) is 0 Å². The molecule has 0 saturated carbocycles. The Kier molecular flexibility index (Phi) is 8.86. The van der Waals surface area contributed by atoms with E-state index in [1.165, 1.54) is 12.8 Å². The van der Waals surface area contributed by atoms with Gasteiger partial charge in [0.15, 0.2) is 0 Å². The molecule has 2 N–H and O–H groups in total. The maximum atomic E-state index is 11.6. The molecule has 0 aliphatic rings. The van der Waals surface area contributed by atoms with Crippen molar-refractivity contribution in [3.8, 4) is 0 Å². The van der Waals surface area contributed by atoms with Gasteiger partial charge >= 0.3 is 6.03 Å². The highest BCUT2D eigenvalue weighted by molar-refractivity contribution is 5.72. The summed E-state index contributed by atoms with van der Waals surface area (Å²) in [6.45, 7) is 16.7. The molecular weight excluding hydrogens is 250 g/mol. The molecule has 4 nitrogen and oxygen atoms in total. The van der Waals surface area contributed by atoms with E-state index in [2.05, 4.69) is 39.5 Å². The van der Waals surface area contributed by atoms with Crippen LogP contribution in [-0.4, -0.2) is 47.5 Å². The third kappa shape index (κ3) is 6.60. The molecule has 0 aromatic rings. The average Bonchev–Trinajstić information content (AvgIpc) is 2.28. The van der Waals surface area contributed by atoms with Gasteiger partial charge in [-0.25, -0.2) is 4.79 Å². The minimum Gasteiger partial charge on any atom is -0.351 e. The van der Waals surface area contributed by atoms with E-state index in [0.29, 0.717) is 12.5 Å². The number of urea groups is 1. The van der Waals surface area contributed by atoms with Gasteiger partial charge in [0.05, 0.1) is 5.54 Å². The molecule has 0 aromatic carbocycles. The van der Waals surface area contributed by atoms with Crippen molar-refractivity contribution in [3.05, 3.63) is 0 Å². The van der Waals surface area contributed by atoms with Gasteiger partial charge in [-0.2, -0.15) is 0 Å². The number of carbonyl (C=O) groups excluding carboxylic acids is 1. The highest BCUT2D eigenvalue weighted by Gasteiger charge is 2.30. The first kappa shape index (κ1) is 19.2. The van der Waals surface area contributed by atoms with Crippen LogP contribution < -0.4 is 5.73 Å². The Morgan fingerprint density at radius 2 is 1.80 bits per heavy atom. The summed E-state index contributed by atoms with van der Waals surface area (Å²) >= 11 is 0. The normalized spacial score (nSPS) is 13.6. The lowest BCUT2D eigenvalue weighted by Gasteiger charge is -2.41. The Morgan fingerprint density at radius 3 is 2.20 bits per heavy atom. The highest BCUT2D eigenvalue weighted by Crippen LogP contribution is 2.18. The van der Waals surface area contributed by atoms with Crippen LogP contribution in [0.15, 0.2) is 0 Å². The third-order valence-corrected chi connectivity index (χ3v) is 3.81. The van der Waals surface area contributed by atoms with Crippen molar-refractivity contribution in [2.75, 3.05) is 26.2 Å². The lowest BCUT2D eigenvalue weighted by molar-refractivity contribution is 0.0959. The van der Waals surface area contributed by atoms with Crippen molar-refractivity contribution < 1.29 is 4.79 Å². The molecule has 0 spiro atoms. The number of rotatable bonds is 10. The Labute approximate surface area is 125 Å². The summed E-state index contributed by atoms with van der Waals surface area (Å²) in [4.78, 5) is 15.8. The highest BCUT2D eigenvalue weighted by atomic mass is 16.2. The van der Waals surface area contributed by atoms with E-state index in [1.807, 2.05) is 6.92 Å². The first-order valence-corrected chi connectivity index (χ1v) is 8.07. The molecule has 1 unspecified atom stereocenters. The molecule has 0 rings (SSSR count). The third-order valence-electron chi connectivity index (χ3n) is 3.81. The molecule has 0 heterocycles. The molecule has 0 radical (unpaired) electrons. The predicted molar refractivity (Wildman–Crippen MR) is 86.8 cm³/mol. The maximum Gasteiger partial charge on any atom is 0.315 e. The summed E-state index contributed by atoms with van der Waals surface area (Å²) in [5.74, 6) is 0.700. The molecule has 0 aromatic heterocycles. The van der Waals surface area contributed by atoms with Crippen molar-refractivity contribution in [2.45, 2.75) is 66.3 Å². The van der Waals surface area contributed by atoms with Crippen LogP contribution in [-0.2, 0) is 0 Å². The zero-order valence-corrected chi connectivity index (χ0v) is 14.4. The van der Waals surface area contributed by atoms with E-state index < -0.39 is 0 Å². The fourth-order valence-corrected chi connectivity index (χ4v) is 3.09. The summed E-state index contributed by atoms with van der Waals surface area (Å²) in [6, 6.07) is -0.324. The number of nitrogens with two attached hydrogens (primary N) is 1. The quantitative estimate of drug-likeness (QED) is 0.669. The first-order chi connectivity index (χ1) is 9.28. The SMILES string of the molecule is CCCC(C)CN(CCC)CC(C)(C)N(CC)C(N)=O. The fourth-order valence-electron chi connectivity index (χ4n) is 3.09. The molecule has 2 amide bonds. The largest absolute Gasteiger partial charge is 0.351 e. The Balaban J connectivity index is 4.73. The number of hydrogen-bond acceptors (Lipinski definition) is 2. The summed E-state index contributed by atoms with van der Waals surface area (Å²) in [7, 11) is 0. The van der Waals surface area contributed by atoms with Gasteiger partial charge in [0.2, 0.25) is 0 Å². The van der Waals surface area contributed by atoms with Gasteiger partial charge in [-0.15, -0.1) is 0 Å². The fraction of sp³-hybridized carbons (Fsp3) is 0.938. The molecule has 0 saturated heterocycles. The first-order valence-electron chi connectivity index (χ1n) is 8.07. The molecule has 20 heavy (non-hydrogen) atoms. The summed E-state index contributed by atoms with van der Waals surface area (Å²) in [6.07, 6.45) is 3.62. The van der Waals surface area contributed by atoms with Crippen LogP contribution in [0.1, 0.15) is 60.8 Å². The molecule has 0 bridgehead atoms. The molecule has 0 fully saturated rings.